The van der Waals surface area contributed by atoms with Crippen molar-refractivity contribution in [1.29, 1.82) is 0 Å². The molecule has 1 saturated heterocycles. The minimum Gasteiger partial charge on any atom is -0.323 e. The van der Waals surface area contributed by atoms with Gasteiger partial charge in [0.25, 0.3) is 0 Å². The lowest BCUT2D eigenvalue weighted by Gasteiger charge is -2.35. The minimum absolute atomic E-state index is 0.539. The Morgan fingerprint density at radius 3 is 1.33 bits per heavy atom. The van der Waals surface area contributed by atoms with E-state index in [0.29, 0.717) is 6.42 Å². The molecule has 1 rings (SSSR count). The summed E-state index contributed by atoms with van der Waals surface area (Å²) in [6.45, 7) is 5.52. The summed E-state index contributed by atoms with van der Waals surface area (Å²) in [5.74, 6) is 0. The maximum absolute atomic E-state index is 12.8. The molecule has 0 saturated carbocycles. The first-order valence-corrected chi connectivity index (χ1v) is 13.1. The molecule has 1 heterocycles. The van der Waals surface area contributed by atoms with E-state index < -0.39 is 18.5 Å². The van der Waals surface area contributed by atoms with Crippen molar-refractivity contribution in [2.45, 2.75) is 141 Å². The molecule has 0 radical (unpaired) electrons. The quantitative estimate of drug-likeness (QED) is 0.417. The minimum atomic E-state index is -3.86. The third-order valence-corrected chi connectivity index (χ3v) is 8.23. The second-order valence-corrected chi connectivity index (χ2v) is 11.8. The van der Waals surface area contributed by atoms with Crippen LogP contribution in [0.2, 0.25) is 0 Å². The highest BCUT2D eigenvalue weighted by atomic mass is 31.2. The predicted molar refractivity (Wildman–Crippen MR) is 116 cm³/mol. The van der Waals surface area contributed by atoms with Crippen molar-refractivity contribution >= 4 is 7.60 Å². The molecule has 0 aliphatic carbocycles. The van der Waals surface area contributed by atoms with Crippen LogP contribution in [0.25, 0.3) is 0 Å². The van der Waals surface area contributed by atoms with Crippen LogP contribution in [0.4, 0.5) is 0 Å². The topological polar surface area (TPSA) is 72.6 Å². The van der Waals surface area contributed by atoms with Crippen LogP contribution in [0.1, 0.15) is 130 Å². The number of hydrogen-bond donors (Lipinski definition) is 2. The molecule has 1 fully saturated rings. The van der Waals surface area contributed by atoms with Gasteiger partial charge in [0.1, 0.15) is 5.28 Å². The molecule has 0 amide bonds. The van der Waals surface area contributed by atoms with E-state index in [4.69, 9.17) is 10.3 Å². The third kappa shape index (κ3) is 11.0. The van der Waals surface area contributed by atoms with Crippen LogP contribution in [0.5, 0.6) is 0 Å². The molecule has 2 atom stereocenters. The highest BCUT2D eigenvalue weighted by Gasteiger charge is 2.44. The average Bonchev–Trinajstić information content (AvgIpc) is 2.55. The summed E-state index contributed by atoms with van der Waals surface area (Å²) in [5.41, 5.74) is 5.64. The van der Waals surface area contributed by atoms with E-state index in [9.17, 15) is 9.46 Å². The van der Waals surface area contributed by atoms with Crippen molar-refractivity contribution in [1.82, 2.24) is 0 Å². The molecule has 162 valence electrons. The van der Waals surface area contributed by atoms with Crippen LogP contribution in [0, 0.1) is 0 Å². The van der Waals surface area contributed by atoms with Gasteiger partial charge in [0, 0.05) is 0 Å². The Labute approximate surface area is 168 Å². The van der Waals surface area contributed by atoms with E-state index in [1.54, 1.807) is 6.92 Å². The number of hydrogen-bond acceptors (Lipinski definition) is 3. The zero-order valence-corrected chi connectivity index (χ0v) is 19.2. The van der Waals surface area contributed by atoms with E-state index in [1.165, 1.54) is 77.0 Å². The fourth-order valence-corrected chi connectivity index (χ4v) is 5.37. The molecule has 0 aromatic rings. The number of rotatable bonds is 0. The molecule has 1 aliphatic rings. The first-order valence-electron chi connectivity index (χ1n) is 11.5. The molecule has 27 heavy (non-hydrogen) atoms. The highest BCUT2D eigenvalue weighted by Crippen LogP contribution is 2.57. The molecule has 2 unspecified atom stereocenters. The zero-order chi connectivity index (χ0) is 20.2. The Bertz CT molecular complexity index is 437. The molecule has 0 aromatic carbocycles. The molecule has 5 heteroatoms. The van der Waals surface area contributed by atoms with E-state index in [1.807, 2.05) is 13.8 Å². The molecule has 0 aromatic heterocycles. The number of nitrogens with two attached hydrogens (primary N) is 1. The van der Waals surface area contributed by atoms with Crippen molar-refractivity contribution in [2.75, 3.05) is 0 Å². The maximum Gasteiger partial charge on any atom is 0.347 e. The van der Waals surface area contributed by atoms with Gasteiger partial charge in [-0.1, -0.05) is 96.3 Å². The van der Waals surface area contributed by atoms with E-state index in [-0.39, 0.29) is 0 Å². The van der Waals surface area contributed by atoms with Gasteiger partial charge in [0.15, 0.2) is 0 Å². The van der Waals surface area contributed by atoms with Crippen LogP contribution in [-0.4, -0.2) is 15.8 Å². The van der Waals surface area contributed by atoms with Gasteiger partial charge in [-0.3, -0.25) is 4.57 Å². The fourth-order valence-electron chi connectivity index (χ4n) is 3.96. The van der Waals surface area contributed by atoms with Gasteiger partial charge in [0.2, 0.25) is 0 Å². The first kappa shape index (κ1) is 25.1. The molecule has 3 N–H and O–H groups in total. The third-order valence-electron chi connectivity index (χ3n) is 5.98. The highest BCUT2D eigenvalue weighted by molar-refractivity contribution is 7.54. The Balaban J connectivity index is 2.56. The van der Waals surface area contributed by atoms with Gasteiger partial charge >= 0.3 is 7.60 Å². The summed E-state index contributed by atoms with van der Waals surface area (Å²) >= 11 is 0. The van der Waals surface area contributed by atoms with Crippen molar-refractivity contribution in [2.24, 2.45) is 5.73 Å². The summed E-state index contributed by atoms with van der Waals surface area (Å²) in [6.07, 6.45) is 20.1. The first-order chi connectivity index (χ1) is 12.7. The van der Waals surface area contributed by atoms with Gasteiger partial charge in [-0.15, -0.1) is 0 Å². The summed E-state index contributed by atoms with van der Waals surface area (Å²) in [5, 5.41) is -1.16. The van der Waals surface area contributed by atoms with Crippen molar-refractivity contribution in [3.8, 4) is 0 Å². The second-order valence-electron chi connectivity index (χ2n) is 9.53. The van der Waals surface area contributed by atoms with Gasteiger partial charge in [0.05, 0.1) is 5.60 Å². The Hall–Kier alpha value is 0.110. The lowest BCUT2D eigenvalue weighted by molar-refractivity contribution is 0.0717. The average molecular weight is 404 g/mol. The van der Waals surface area contributed by atoms with Crippen LogP contribution in [0.15, 0.2) is 0 Å². The largest absolute Gasteiger partial charge is 0.347 e. The molecule has 1 aliphatic heterocycles. The summed E-state index contributed by atoms with van der Waals surface area (Å²) in [7, 11) is -3.86. The van der Waals surface area contributed by atoms with E-state index in [2.05, 4.69) is 0 Å². The SMILES string of the molecule is CC1(C)CCCCCCCCCCCCCCCCCC(C)(N)P(=O)(O)O1. The van der Waals surface area contributed by atoms with Crippen LogP contribution >= 0.6 is 7.60 Å². The maximum atomic E-state index is 12.8. The Morgan fingerprint density at radius 1 is 0.667 bits per heavy atom. The van der Waals surface area contributed by atoms with Crippen LogP contribution in [-0.2, 0) is 9.09 Å². The standard InChI is InChI=1S/C22H46NO3P/c1-21(2)19-17-15-13-11-9-7-5-4-6-8-10-12-14-16-18-20-22(3,23)27(24,25)26-21/h4-20,23H2,1-3H3,(H,24,25). The second kappa shape index (κ2) is 12.6. The smallest absolute Gasteiger partial charge is 0.323 e. The van der Waals surface area contributed by atoms with Gasteiger partial charge in [-0.2, -0.15) is 0 Å². The summed E-state index contributed by atoms with van der Waals surface area (Å²) < 4.78 is 18.6. The monoisotopic (exact) mass is 403 g/mol. The molecular weight excluding hydrogens is 357 g/mol. The molecular formula is C22H46NO3P. The van der Waals surface area contributed by atoms with Gasteiger partial charge in [-0.05, 0) is 33.6 Å². The Kier molecular flexibility index (Phi) is 11.8. The lowest BCUT2D eigenvalue weighted by atomic mass is 9.99. The van der Waals surface area contributed by atoms with Crippen LogP contribution < -0.4 is 5.73 Å². The molecule has 0 bridgehead atoms. The van der Waals surface area contributed by atoms with Crippen molar-refractivity contribution < 1.29 is 14.0 Å². The van der Waals surface area contributed by atoms with Gasteiger partial charge in [-0.25, -0.2) is 0 Å². The van der Waals surface area contributed by atoms with Crippen molar-refractivity contribution in [3.05, 3.63) is 0 Å². The molecule has 0 spiro atoms. The molecule has 4 nitrogen and oxygen atoms in total. The lowest BCUT2D eigenvalue weighted by Crippen LogP contribution is -2.39. The summed E-state index contributed by atoms with van der Waals surface area (Å²) in [4.78, 5) is 10.5. The Morgan fingerprint density at radius 2 is 0.963 bits per heavy atom. The van der Waals surface area contributed by atoms with E-state index in [0.717, 1.165) is 25.7 Å². The zero-order valence-electron chi connectivity index (χ0n) is 18.3. The normalized spacial score (nSPS) is 34.4. The predicted octanol–water partition coefficient (Wildman–Crippen LogP) is 7.29. The summed E-state index contributed by atoms with van der Waals surface area (Å²) in [6, 6.07) is 0. The van der Waals surface area contributed by atoms with E-state index >= 15 is 0 Å². The van der Waals surface area contributed by atoms with Crippen molar-refractivity contribution in [3.63, 3.8) is 0 Å². The fraction of sp³-hybridized carbons (Fsp3) is 1.00. The van der Waals surface area contributed by atoms with Crippen LogP contribution in [0.3, 0.4) is 0 Å². The van der Waals surface area contributed by atoms with Gasteiger partial charge < -0.3 is 15.2 Å².